The number of carbonyl (C=O) groups excluding carboxylic acids is 1. The van der Waals surface area contributed by atoms with E-state index in [1.165, 1.54) is 0 Å². The van der Waals surface area contributed by atoms with Crippen molar-refractivity contribution < 1.29 is 9.53 Å². The van der Waals surface area contributed by atoms with Crippen LogP contribution in [0.15, 0.2) is 6.07 Å². The average Bonchev–Trinajstić information content (AvgIpc) is 2.73. The zero-order valence-corrected chi connectivity index (χ0v) is 17.9. The minimum absolute atomic E-state index is 0.0740. The molecule has 29 heavy (non-hydrogen) atoms. The van der Waals surface area contributed by atoms with Crippen LogP contribution in [0.1, 0.15) is 42.5 Å². The first-order valence-electron chi connectivity index (χ1n) is 10.7. The van der Waals surface area contributed by atoms with Crippen molar-refractivity contribution in [3.05, 3.63) is 22.9 Å². The third-order valence-electron chi connectivity index (χ3n) is 6.15. The van der Waals surface area contributed by atoms with Crippen molar-refractivity contribution in [2.24, 2.45) is 5.92 Å². The van der Waals surface area contributed by atoms with Gasteiger partial charge in [-0.05, 0) is 57.7 Å². The van der Waals surface area contributed by atoms with Gasteiger partial charge in [-0.2, -0.15) is 5.26 Å². The summed E-state index contributed by atoms with van der Waals surface area (Å²) in [5, 5.41) is 12.6. The first-order chi connectivity index (χ1) is 14.0. The number of pyridine rings is 1. The minimum Gasteiger partial charge on any atom is -0.383 e. The molecule has 1 atom stereocenters. The number of anilines is 1. The fourth-order valence-electron chi connectivity index (χ4n) is 4.60. The molecule has 0 aromatic carbocycles. The number of piperidine rings is 2. The van der Waals surface area contributed by atoms with Crippen molar-refractivity contribution >= 4 is 11.7 Å². The highest BCUT2D eigenvalue weighted by Gasteiger charge is 2.32. The van der Waals surface area contributed by atoms with E-state index in [4.69, 9.17) is 4.74 Å². The van der Waals surface area contributed by atoms with E-state index in [1.54, 1.807) is 7.11 Å². The number of nitrogens with one attached hydrogen (secondary N) is 1. The predicted molar refractivity (Wildman–Crippen MR) is 113 cm³/mol. The maximum Gasteiger partial charge on any atom is 0.224 e. The summed E-state index contributed by atoms with van der Waals surface area (Å²) in [6.45, 7) is 8.80. The van der Waals surface area contributed by atoms with Crippen molar-refractivity contribution in [3.63, 3.8) is 0 Å². The molecule has 1 N–H and O–H groups in total. The largest absolute Gasteiger partial charge is 0.383 e. The number of ether oxygens (including phenoxy) is 1. The van der Waals surface area contributed by atoms with Crippen molar-refractivity contribution in [2.45, 2.75) is 45.6 Å². The molecule has 0 radical (unpaired) electrons. The van der Waals surface area contributed by atoms with Crippen LogP contribution in [-0.4, -0.2) is 68.3 Å². The number of likely N-dealkylation sites (tertiary alicyclic amines) is 1. The van der Waals surface area contributed by atoms with Gasteiger partial charge in [-0.3, -0.25) is 9.69 Å². The monoisotopic (exact) mass is 399 g/mol. The number of amides is 1. The lowest BCUT2D eigenvalue weighted by Gasteiger charge is -2.42. The van der Waals surface area contributed by atoms with Crippen LogP contribution >= 0.6 is 0 Å². The molecule has 0 spiro atoms. The maximum absolute atomic E-state index is 12.4. The van der Waals surface area contributed by atoms with Crippen LogP contribution in [-0.2, 0) is 9.53 Å². The first kappa shape index (κ1) is 21.5. The summed E-state index contributed by atoms with van der Waals surface area (Å²) in [5.41, 5.74) is 2.65. The third-order valence-corrected chi connectivity index (χ3v) is 6.15. The van der Waals surface area contributed by atoms with Crippen LogP contribution in [0.2, 0.25) is 0 Å². The number of hydrogen-bond donors (Lipinski definition) is 1. The summed E-state index contributed by atoms with van der Waals surface area (Å²) in [4.78, 5) is 21.9. The summed E-state index contributed by atoms with van der Waals surface area (Å²) in [6, 6.07) is 4.80. The summed E-state index contributed by atoms with van der Waals surface area (Å²) >= 11 is 0. The molecule has 1 aromatic rings. The normalized spacial score (nSPS) is 21.0. The minimum atomic E-state index is 0.0740. The summed E-state index contributed by atoms with van der Waals surface area (Å²) in [7, 11) is 1.65. The smallest absolute Gasteiger partial charge is 0.224 e. The Kier molecular flexibility index (Phi) is 7.45. The molecule has 2 saturated heterocycles. The van der Waals surface area contributed by atoms with E-state index < -0.39 is 0 Å². The molecule has 2 fully saturated rings. The van der Waals surface area contributed by atoms with Crippen LogP contribution in [0.4, 0.5) is 5.82 Å². The van der Waals surface area contributed by atoms with Gasteiger partial charge in [-0.25, -0.2) is 4.98 Å². The molecule has 1 aromatic heterocycles. The quantitative estimate of drug-likeness (QED) is 0.737. The first-order valence-corrected chi connectivity index (χ1v) is 10.7. The molecule has 2 aliphatic heterocycles. The highest BCUT2D eigenvalue weighted by Crippen LogP contribution is 2.28. The molecule has 3 rings (SSSR count). The van der Waals surface area contributed by atoms with Gasteiger partial charge >= 0.3 is 0 Å². The molecule has 0 unspecified atom stereocenters. The van der Waals surface area contributed by atoms with E-state index in [2.05, 4.69) is 26.2 Å². The molecule has 3 heterocycles. The van der Waals surface area contributed by atoms with Crippen LogP contribution < -0.4 is 10.2 Å². The third kappa shape index (κ3) is 5.26. The molecule has 7 nitrogen and oxygen atoms in total. The maximum atomic E-state index is 12.4. The second-order valence-electron chi connectivity index (χ2n) is 8.23. The average molecular weight is 400 g/mol. The number of methoxy groups -OCH3 is 1. The Bertz CT molecular complexity index is 752. The van der Waals surface area contributed by atoms with Crippen molar-refractivity contribution in [1.29, 1.82) is 5.26 Å². The number of hydrogen-bond acceptors (Lipinski definition) is 6. The van der Waals surface area contributed by atoms with Gasteiger partial charge in [0.1, 0.15) is 11.9 Å². The van der Waals surface area contributed by atoms with Crippen LogP contribution in [0.3, 0.4) is 0 Å². The van der Waals surface area contributed by atoms with Gasteiger partial charge in [0.15, 0.2) is 0 Å². The van der Waals surface area contributed by atoms with Crippen LogP contribution in [0.25, 0.3) is 0 Å². The van der Waals surface area contributed by atoms with Gasteiger partial charge in [-0.15, -0.1) is 0 Å². The van der Waals surface area contributed by atoms with Crippen molar-refractivity contribution in [3.8, 4) is 6.07 Å². The summed E-state index contributed by atoms with van der Waals surface area (Å²) < 4.78 is 5.02. The fourth-order valence-corrected chi connectivity index (χ4v) is 4.60. The van der Waals surface area contributed by atoms with E-state index in [0.717, 1.165) is 68.9 Å². The number of carbonyl (C=O) groups is 1. The molecular weight excluding hydrogens is 366 g/mol. The molecule has 0 bridgehead atoms. The molecule has 2 aliphatic rings. The lowest BCUT2D eigenvalue weighted by Crippen LogP contribution is -2.51. The van der Waals surface area contributed by atoms with Gasteiger partial charge in [0, 0.05) is 45.0 Å². The Balaban J connectivity index is 1.57. The van der Waals surface area contributed by atoms with Gasteiger partial charge in [0.25, 0.3) is 0 Å². The Morgan fingerprint density at radius 1 is 1.31 bits per heavy atom. The van der Waals surface area contributed by atoms with E-state index in [9.17, 15) is 10.1 Å². The second kappa shape index (κ2) is 10.0. The number of rotatable bonds is 6. The van der Waals surface area contributed by atoms with E-state index in [0.29, 0.717) is 24.8 Å². The lowest BCUT2D eigenvalue weighted by molar-refractivity contribution is -0.127. The molecule has 158 valence electrons. The number of nitrogens with zero attached hydrogens (tertiary/aromatic N) is 4. The molecule has 1 amide bonds. The van der Waals surface area contributed by atoms with Crippen LogP contribution in [0, 0.1) is 31.1 Å². The van der Waals surface area contributed by atoms with Crippen molar-refractivity contribution in [2.75, 3.05) is 51.3 Å². The van der Waals surface area contributed by atoms with Crippen molar-refractivity contribution in [1.82, 2.24) is 15.2 Å². The lowest BCUT2D eigenvalue weighted by atomic mass is 9.93. The number of nitriles is 1. The number of aromatic nitrogens is 1. The predicted octanol–water partition coefficient (Wildman–Crippen LogP) is 2.01. The zero-order valence-electron chi connectivity index (χ0n) is 17.9. The van der Waals surface area contributed by atoms with Gasteiger partial charge in [0.05, 0.1) is 18.1 Å². The highest BCUT2D eigenvalue weighted by molar-refractivity contribution is 5.78. The Labute approximate surface area is 174 Å². The van der Waals surface area contributed by atoms with E-state index in [-0.39, 0.29) is 11.8 Å². The van der Waals surface area contributed by atoms with Gasteiger partial charge < -0.3 is 15.0 Å². The summed E-state index contributed by atoms with van der Waals surface area (Å²) in [5.74, 6) is 1.06. The molecule has 7 heteroatoms. The van der Waals surface area contributed by atoms with E-state index in [1.807, 2.05) is 19.9 Å². The van der Waals surface area contributed by atoms with E-state index >= 15 is 0 Å². The van der Waals surface area contributed by atoms with Gasteiger partial charge in [-0.1, -0.05) is 0 Å². The Morgan fingerprint density at radius 3 is 2.76 bits per heavy atom. The standard InChI is InChI=1S/C22H33N5O2/c1-16-13-17(2)25-21(20(16)14-23)26-10-6-19(7-11-26)27-9-4-5-18(15-27)22(28)24-8-12-29-3/h13,18-19H,4-12,15H2,1-3H3,(H,24,28)/t18-/m1/s1. The molecule has 0 aliphatic carbocycles. The molecule has 0 saturated carbocycles. The zero-order chi connectivity index (χ0) is 20.8. The molecular formula is C22H33N5O2. The SMILES string of the molecule is COCCNC(=O)[C@@H]1CCCN(C2CCN(c3nc(C)cc(C)c3C#N)CC2)C1. The fraction of sp³-hybridized carbons (Fsp3) is 0.682. The summed E-state index contributed by atoms with van der Waals surface area (Å²) in [6.07, 6.45) is 4.11. The van der Waals surface area contributed by atoms with Gasteiger partial charge in [0.2, 0.25) is 5.91 Å². The number of aryl methyl sites for hydroxylation is 2. The topological polar surface area (TPSA) is 81.5 Å². The Hall–Kier alpha value is -2.17. The second-order valence-corrected chi connectivity index (χ2v) is 8.23. The Morgan fingerprint density at radius 2 is 2.07 bits per heavy atom. The highest BCUT2D eigenvalue weighted by atomic mass is 16.5. The van der Waals surface area contributed by atoms with Crippen LogP contribution in [0.5, 0.6) is 0 Å².